The van der Waals surface area contributed by atoms with Gasteiger partial charge in [0, 0.05) is 18.5 Å². The molecule has 138 valence electrons. The zero-order valence-electron chi connectivity index (χ0n) is 14.2. The number of likely N-dealkylation sites (N-methyl/N-ethyl adjacent to an activating group) is 1. The maximum atomic E-state index is 12.2. The molecule has 1 atom stereocenters. The summed E-state index contributed by atoms with van der Waals surface area (Å²) >= 11 is 0. The Labute approximate surface area is 151 Å². The van der Waals surface area contributed by atoms with Crippen molar-refractivity contribution in [3.8, 4) is 5.75 Å². The number of benzene rings is 2. The molecule has 8 heteroatoms. The molecule has 26 heavy (non-hydrogen) atoms. The Morgan fingerprint density at radius 2 is 1.96 bits per heavy atom. The van der Waals surface area contributed by atoms with Crippen LogP contribution in [0.25, 0.3) is 10.8 Å². The first-order valence-electron chi connectivity index (χ1n) is 8.12. The van der Waals surface area contributed by atoms with Gasteiger partial charge in [-0.05, 0) is 17.9 Å². The second-order valence-corrected chi connectivity index (χ2v) is 8.55. The van der Waals surface area contributed by atoms with E-state index in [1.807, 2.05) is 6.07 Å². The number of phenols is 1. The molecule has 3 rings (SSSR count). The van der Waals surface area contributed by atoms with E-state index in [-0.39, 0.29) is 22.8 Å². The Kier molecular flexibility index (Phi) is 4.86. The van der Waals surface area contributed by atoms with Gasteiger partial charge in [-0.15, -0.1) is 0 Å². The summed E-state index contributed by atoms with van der Waals surface area (Å²) < 4.78 is 28.0. The molecule has 1 N–H and O–H groups in total. The van der Waals surface area contributed by atoms with Crippen molar-refractivity contribution in [2.24, 2.45) is 0 Å². The van der Waals surface area contributed by atoms with Crippen LogP contribution in [0.3, 0.4) is 0 Å². The Balaban J connectivity index is 1.65. The molecule has 2 aromatic carbocycles. The molecule has 0 aromatic heterocycles. The number of ether oxygens (including phenoxy) is 1. The van der Waals surface area contributed by atoms with Gasteiger partial charge in [0.05, 0.1) is 11.5 Å². The van der Waals surface area contributed by atoms with Gasteiger partial charge in [-0.3, -0.25) is 4.79 Å². The van der Waals surface area contributed by atoms with Crippen molar-refractivity contribution < 1.29 is 27.9 Å². The van der Waals surface area contributed by atoms with Crippen LogP contribution in [0.15, 0.2) is 36.4 Å². The largest absolute Gasteiger partial charge is 0.506 e. The van der Waals surface area contributed by atoms with E-state index < -0.39 is 34.4 Å². The van der Waals surface area contributed by atoms with Crippen molar-refractivity contribution in [3.63, 3.8) is 0 Å². The number of amides is 1. The summed E-state index contributed by atoms with van der Waals surface area (Å²) in [5.74, 6) is -1.51. The van der Waals surface area contributed by atoms with E-state index in [4.69, 9.17) is 4.74 Å². The van der Waals surface area contributed by atoms with Crippen LogP contribution >= 0.6 is 0 Å². The van der Waals surface area contributed by atoms with Crippen LogP contribution in [0.2, 0.25) is 0 Å². The standard InChI is InChI=1S/C18H19NO6S/c1-19(13-8-9-26(23,24)11-13)16(20)10-25-18(22)15-7-6-12-4-2-3-5-14(12)17(15)21/h2-7,13,21H,8-11H2,1H3/t13-/m0/s1. The average Bonchev–Trinajstić information content (AvgIpc) is 2.99. The average molecular weight is 377 g/mol. The molecule has 7 nitrogen and oxygen atoms in total. The number of carbonyl (C=O) groups excluding carboxylic acids is 2. The second kappa shape index (κ2) is 6.95. The molecular formula is C18H19NO6S. The fourth-order valence-electron chi connectivity index (χ4n) is 3.01. The van der Waals surface area contributed by atoms with Crippen LogP contribution in [0.1, 0.15) is 16.8 Å². The number of hydrogen-bond acceptors (Lipinski definition) is 6. The van der Waals surface area contributed by atoms with E-state index >= 15 is 0 Å². The van der Waals surface area contributed by atoms with Crippen molar-refractivity contribution in [1.82, 2.24) is 4.90 Å². The maximum absolute atomic E-state index is 12.2. The first-order valence-corrected chi connectivity index (χ1v) is 9.94. The summed E-state index contributed by atoms with van der Waals surface area (Å²) in [4.78, 5) is 25.7. The van der Waals surface area contributed by atoms with Crippen LogP contribution in [0, 0.1) is 0 Å². The zero-order valence-corrected chi connectivity index (χ0v) is 15.0. The van der Waals surface area contributed by atoms with Crippen molar-refractivity contribution >= 4 is 32.5 Å². The number of esters is 1. The van der Waals surface area contributed by atoms with E-state index in [0.29, 0.717) is 11.8 Å². The van der Waals surface area contributed by atoms with Gasteiger partial charge >= 0.3 is 5.97 Å². The van der Waals surface area contributed by atoms with Crippen molar-refractivity contribution in [1.29, 1.82) is 0 Å². The lowest BCUT2D eigenvalue weighted by Gasteiger charge is -2.23. The van der Waals surface area contributed by atoms with Crippen molar-refractivity contribution in [2.75, 3.05) is 25.2 Å². The van der Waals surface area contributed by atoms with E-state index in [1.54, 1.807) is 24.3 Å². The van der Waals surface area contributed by atoms with E-state index in [1.165, 1.54) is 18.0 Å². The van der Waals surface area contributed by atoms with Gasteiger partial charge in [0.25, 0.3) is 5.91 Å². The quantitative estimate of drug-likeness (QED) is 0.807. The van der Waals surface area contributed by atoms with Gasteiger partial charge in [-0.2, -0.15) is 0 Å². The molecular weight excluding hydrogens is 358 g/mol. The van der Waals surface area contributed by atoms with E-state index in [0.717, 1.165) is 5.39 Å². The number of sulfone groups is 1. The van der Waals surface area contributed by atoms with Gasteiger partial charge in [0.2, 0.25) is 0 Å². The van der Waals surface area contributed by atoms with E-state index in [9.17, 15) is 23.1 Å². The highest BCUT2D eigenvalue weighted by molar-refractivity contribution is 7.91. The van der Waals surface area contributed by atoms with Crippen LogP contribution in [0.5, 0.6) is 5.75 Å². The number of aromatic hydroxyl groups is 1. The first kappa shape index (κ1) is 18.2. The number of hydrogen-bond donors (Lipinski definition) is 1. The number of nitrogens with zero attached hydrogens (tertiary/aromatic N) is 1. The van der Waals surface area contributed by atoms with Gasteiger partial charge in [0.15, 0.2) is 16.4 Å². The lowest BCUT2D eigenvalue weighted by atomic mass is 10.1. The molecule has 1 fully saturated rings. The first-order chi connectivity index (χ1) is 12.3. The molecule has 0 radical (unpaired) electrons. The third-order valence-electron chi connectivity index (χ3n) is 4.60. The Bertz CT molecular complexity index is 969. The topological polar surface area (TPSA) is 101 Å². The van der Waals surface area contributed by atoms with Crippen LogP contribution in [-0.2, 0) is 19.4 Å². The minimum Gasteiger partial charge on any atom is -0.506 e. The number of carbonyl (C=O) groups is 2. The minimum absolute atomic E-state index is 0.0254. The third-order valence-corrected chi connectivity index (χ3v) is 6.35. The minimum atomic E-state index is -3.11. The monoisotopic (exact) mass is 377 g/mol. The summed E-state index contributed by atoms with van der Waals surface area (Å²) in [5.41, 5.74) is -0.0254. The Hall–Kier alpha value is -2.61. The smallest absolute Gasteiger partial charge is 0.342 e. The molecule has 0 aliphatic carbocycles. The SMILES string of the molecule is CN(C(=O)COC(=O)c1ccc2ccccc2c1O)[C@H]1CCS(=O)(=O)C1. The summed E-state index contributed by atoms with van der Waals surface area (Å²) in [6.45, 7) is -0.516. The summed E-state index contributed by atoms with van der Waals surface area (Å²) in [5, 5.41) is 11.6. The fourth-order valence-corrected chi connectivity index (χ4v) is 4.79. The molecule has 1 amide bonds. The predicted molar refractivity (Wildman–Crippen MR) is 95.7 cm³/mol. The maximum Gasteiger partial charge on any atom is 0.342 e. The molecule has 0 saturated carbocycles. The number of phenolic OH excluding ortho intramolecular Hbond substituents is 1. The zero-order chi connectivity index (χ0) is 18.9. The van der Waals surface area contributed by atoms with Crippen molar-refractivity contribution in [2.45, 2.75) is 12.5 Å². The molecule has 0 spiro atoms. The number of rotatable bonds is 4. The molecule has 1 saturated heterocycles. The molecule has 0 unspecified atom stereocenters. The molecule has 1 aliphatic heterocycles. The van der Waals surface area contributed by atoms with Crippen LogP contribution in [-0.4, -0.2) is 61.5 Å². The molecule has 1 heterocycles. The van der Waals surface area contributed by atoms with Crippen molar-refractivity contribution in [3.05, 3.63) is 42.0 Å². The second-order valence-electron chi connectivity index (χ2n) is 6.32. The summed E-state index contributed by atoms with van der Waals surface area (Å²) in [6.07, 6.45) is 0.379. The lowest BCUT2D eigenvalue weighted by Crippen LogP contribution is -2.40. The summed E-state index contributed by atoms with van der Waals surface area (Å²) in [7, 11) is -1.61. The third kappa shape index (κ3) is 3.65. The Morgan fingerprint density at radius 1 is 1.23 bits per heavy atom. The number of fused-ring (bicyclic) bond motifs is 1. The normalized spacial score (nSPS) is 18.6. The Morgan fingerprint density at radius 3 is 2.65 bits per heavy atom. The lowest BCUT2D eigenvalue weighted by molar-refractivity contribution is -0.134. The summed E-state index contributed by atoms with van der Waals surface area (Å²) in [6, 6.07) is 9.77. The van der Waals surface area contributed by atoms with Gasteiger partial charge in [-0.1, -0.05) is 30.3 Å². The van der Waals surface area contributed by atoms with Gasteiger partial charge in [0.1, 0.15) is 11.3 Å². The predicted octanol–water partition coefficient (Wildman–Crippen LogP) is 1.35. The highest BCUT2D eigenvalue weighted by atomic mass is 32.2. The highest BCUT2D eigenvalue weighted by Gasteiger charge is 2.33. The van der Waals surface area contributed by atoms with Gasteiger partial charge < -0.3 is 14.7 Å². The van der Waals surface area contributed by atoms with Gasteiger partial charge in [-0.25, -0.2) is 13.2 Å². The van der Waals surface area contributed by atoms with Crippen LogP contribution in [0.4, 0.5) is 0 Å². The molecule has 2 aromatic rings. The fraction of sp³-hybridized carbons (Fsp3) is 0.333. The molecule has 0 bridgehead atoms. The molecule has 1 aliphatic rings. The van der Waals surface area contributed by atoms with E-state index in [2.05, 4.69) is 0 Å². The highest BCUT2D eigenvalue weighted by Crippen LogP contribution is 2.29. The van der Waals surface area contributed by atoms with Crippen LogP contribution < -0.4 is 0 Å².